The van der Waals surface area contributed by atoms with Gasteiger partial charge in [-0.25, -0.2) is 0 Å². The number of halogens is 5. The van der Waals surface area contributed by atoms with Gasteiger partial charge >= 0.3 is 6.18 Å². The maximum Gasteiger partial charge on any atom is 0.435 e. The maximum atomic E-state index is 13.7. The van der Waals surface area contributed by atoms with Gasteiger partial charge in [0.25, 0.3) is 5.56 Å². The van der Waals surface area contributed by atoms with E-state index in [-0.39, 0.29) is 43.7 Å². The van der Waals surface area contributed by atoms with Crippen molar-refractivity contribution in [2.45, 2.75) is 6.18 Å². The van der Waals surface area contributed by atoms with Crippen LogP contribution in [0.3, 0.4) is 0 Å². The minimum Gasteiger partial charge on any atom is -0.507 e. The summed E-state index contributed by atoms with van der Waals surface area (Å²) < 4.78 is 41.8. The van der Waals surface area contributed by atoms with Gasteiger partial charge in [0, 0.05) is 17.3 Å². The van der Waals surface area contributed by atoms with Crippen LogP contribution in [0.5, 0.6) is 5.75 Å². The zero-order chi connectivity index (χ0) is 22.5. The summed E-state index contributed by atoms with van der Waals surface area (Å²) in [6.07, 6.45) is 1.62. The van der Waals surface area contributed by atoms with E-state index in [4.69, 9.17) is 29.6 Å². The summed E-state index contributed by atoms with van der Waals surface area (Å²) in [7, 11) is 0. The number of hydrogen-bond acceptors (Lipinski definition) is 3. The highest BCUT2D eigenvalue weighted by Gasteiger charge is 2.39. The van der Waals surface area contributed by atoms with Crippen molar-refractivity contribution in [1.82, 2.24) is 14.6 Å². The zero-order valence-corrected chi connectivity index (χ0v) is 16.8. The number of H-pyrrole nitrogens is 1. The van der Waals surface area contributed by atoms with Crippen molar-refractivity contribution in [3.8, 4) is 40.3 Å². The molecule has 5 nitrogen and oxygen atoms in total. The number of phenols is 1. The van der Waals surface area contributed by atoms with Gasteiger partial charge < -0.3 is 10.1 Å². The van der Waals surface area contributed by atoms with Crippen LogP contribution in [-0.2, 0) is 6.18 Å². The van der Waals surface area contributed by atoms with Crippen molar-refractivity contribution in [2.75, 3.05) is 0 Å². The molecule has 0 radical (unpaired) electrons. The second kappa shape index (κ2) is 7.38. The average molecular weight is 464 g/mol. The van der Waals surface area contributed by atoms with Gasteiger partial charge in [0.15, 0.2) is 5.69 Å². The van der Waals surface area contributed by atoms with Crippen molar-refractivity contribution >= 4 is 28.8 Å². The van der Waals surface area contributed by atoms with E-state index in [2.05, 4.69) is 16.0 Å². The van der Waals surface area contributed by atoms with Crippen molar-refractivity contribution in [3.63, 3.8) is 0 Å². The minimum absolute atomic E-state index is 0.0455. The molecule has 2 aromatic carbocycles. The Morgan fingerprint density at radius 2 is 1.84 bits per heavy atom. The van der Waals surface area contributed by atoms with E-state index in [0.29, 0.717) is 10.1 Å². The Balaban J connectivity index is 2.02. The first kappa shape index (κ1) is 20.8. The van der Waals surface area contributed by atoms with Crippen LogP contribution in [-0.4, -0.2) is 19.7 Å². The highest BCUT2D eigenvalue weighted by molar-refractivity contribution is 6.42. The standard InChI is InChI=1S/C21H10Cl2F3N3O2/c1-2-10-3-5-12(16(30)7-10)13-9-27-19-17(11-4-6-14(22)15(23)8-11)18(21(24,25)26)28-29(19)20(13)31/h1,3-9,27,30H. The first-order chi connectivity index (χ1) is 14.6. The van der Waals surface area contributed by atoms with E-state index in [1.165, 1.54) is 42.6 Å². The first-order valence-electron chi connectivity index (χ1n) is 8.59. The van der Waals surface area contributed by atoms with Gasteiger partial charge in [-0.3, -0.25) is 4.79 Å². The van der Waals surface area contributed by atoms with Gasteiger partial charge in [-0.15, -0.1) is 6.42 Å². The molecule has 2 aromatic heterocycles. The van der Waals surface area contributed by atoms with Crippen LogP contribution in [0, 0.1) is 12.3 Å². The van der Waals surface area contributed by atoms with Gasteiger partial charge in [0.2, 0.25) is 0 Å². The number of phenolic OH excluding ortho intramolecular Hbond substituents is 1. The Kier molecular flexibility index (Phi) is 4.96. The lowest BCUT2D eigenvalue weighted by Gasteiger charge is -2.08. The molecular weight excluding hydrogens is 454 g/mol. The van der Waals surface area contributed by atoms with E-state index in [1.54, 1.807) is 0 Å². The number of aromatic nitrogens is 3. The summed E-state index contributed by atoms with van der Waals surface area (Å²) >= 11 is 11.8. The summed E-state index contributed by atoms with van der Waals surface area (Å²) in [5, 5.41) is 13.9. The number of benzene rings is 2. The topological polar surface area (TPSA) is 70.4 Å². The number of aromatic hydroxyl groups is 1. The number of alkyl halides is 3. The smallest absolute Gasteiger partial charge is 0.435 e. The second-order valence-corrected chi connectivity index (χ2v) is 7.31. The number of fused-ring (bicyclic) bond motifs is 1. The summed E-state index contributed by atoms with van der Waals surface area (Å²) in [6.45, 7) is 0. The van der Waals surface area contributed by atoms with Crippen LogP contribution in [0.2, 0.25) is 10.0 Å². The second-order valence-electron chi connectivity index (χ2n) is 6.49. The Morgan fingerprint density at radius 1 is 1.10 bits per heavy atom. The predicted molar refractivity (Wildman–Crippen MR) is 111 cm³/mol. The third-order valence-electron chi connectivity index (χ3n) is 4.59. The third-order valence-corrected chi connectivity index (χ3v) is 5.33. The fourth-order valence-electron chi connectivity index (χ4n) is 3.18. The van der Waals surface area contributed by atoms with E-state index in [1.807, 2.05) is 0 Å². The van der Waals surface area contributed by atoms with Gasteiger partial charge in [0.05, 0.1) is 21.2 Å². The first-order valence-corrected chi connectivity index (χ1v) is 9.34. The summed E-state index contributed by atoms with van der Waals surface area (Å²) in [4.78, 5) is 15.7. The van der Waals surface area contributed by atoms with Crippen LogP contribution >= 0.6 is 23.2 Å². The normalized spacial score (nSPS) is 11.6. The lowest BCUT2D eigenvalue weighted by atomic mass is 10.0. The highest BCUT2D eigenvalue weighted by atomic mass is 35.5. The number of hydrogen-bond donors (Lipinski definition) is 2. The quantitative estimate of drug-likeness (QED) is 0.392. The molecule has 156 valence electrons. The summed E-state index contributed by atoms with van der Waals surface area (Å²) in [5.74, 6) is 2.04. The fraction of sp³-hybridized carbons (Fsp3) is 0.0476. The number of nitrogens with zero attached hydrogens (tertiary/aromatic N) is 2. The molecule has 0 aliphatic carbocycles. The lowest BCUT2D eigenvalue weighted by Crippen LogP contribution is -2.18. The van der Waals surface area contributed by atoms with Crippen molar-refractivity contribution in [3.05, 3.63) is 74.3 Å². The van der Waals surface area contributed by atoms with Gasteiger partial charge in [-0.05, 0) is 35.9 Å². The summed E-state index contributed by atoms with van der Waals surface area (Å²) in [6, 6.07) is 8.10. The molecule has 4 rings (SSSR count). The summed E-state index contributed by atoms with van der Waals surface area (Å²) in [5.41, 5.74) is -2.26. The molecule has 31 heavy (non-hydrogen) atoms. The van der Waals surface area contributed by atoms with E-state index < -0.39 is 17.4 Å². The van der Waals surface area contributed by atoms with Crippen molar-refractivity contribution < 1.29 is 18.3 Å². The molecule has 0 unspecified atom stereocenters. The van der Waals surface area contributed by atoms with E-state index >= 15 is 0 Å². The van der Waals surface area contributed by atoms with E-state index in [0.717, 1.165) is 0 Å². The minimum atomic E-state index is -4.86. The monoisotopic (exact) mass is 463 g/mol. The SMILES string of the molecule is C#Cc1ccc(-c2c[nH]c3c(-c4ccc(Cl)c(Cl)c4)c(C(F)(F)F)nn3c2=O)c(O)c1. The molecule has 0 fully saturated rings. The van der Waals surface area contributed by atoms with Crippen LogP contribution < -0.4 is 5.56 Å². The van der Waals surface area contributed by atoms with Gasteiger partial charge in [0.1, 0.15) is 11.4 Å². The number of aromatic amines is 1. The van der Waals surface area contributed by atoms with Crippen LogP contribution in [0.4, 0.5) is 13.2 Å². The Morgan fingerprint density at radius 3 is 2.45 bits per heavy atom. The van der Waals surface area contributed by atoms with Crippen molar-refractivity contribution in [2.24, 2.45) is 0 Å². The maximum absolute atomic E-state index is 13.7. The molecule has 0 amide bonds. The highest BCUT2D eigenvalue weighted by Crippen LogP contribution is 2.40. The molecule has 4 aromatic rings. The largest absolute Gasteiger partial charge is 0.507 e. The molecule has 10 heteroatoms. The average Bonchev–Trinajstić information content (AvgIpc) is 3.12. The lowest BCUT2D eigenvalue weighted by molar-refractivity contribution is -0.140. The Labute approximate surface area is 182 Å². The number of nitrogens with one attached hydrogen (secondary N) is 1. The van der Waals surface area contributed by atoms with E-state index in [9.17, 15) is 23.1 Å². The molecule has 0 saturated carbocycles. The molecule has 0 aliphatic rings. The molecule has 0 spiro atoms. The molecule has 0 aliphatic heterocycles. The molecule has 0 bridgehead atoms. The number of rotatable bonds is 2. The molecule has 0 saturated heterocycles. The third kappa shape index (κ3) is 3.52. The molecule has 0 atom stereocenters. The Bertz CT molecular complexity index is 1450. The van der Waals surface area contributed by atoms with Gasteiger partial charge in [-0.2, -0.15) is 22.8 Å². The van der Waals surface area contributed by atoms with Crippen LogP contribution in [0.1, 0.15) is 11.3 Å². The van der Waals surface area contributed by atoms with Crippen molar-refractivity contribution in [1.29, 1.82) is 0 Å². The predicted octanol–water partition coefficient (Wildman–Crippen LogP) is 5.37. The number of terminal acetylenes is 1. The van der Waals surface area contributed by atoms with Crippen LogP contribution in [0.25, 0.3) is 27.9 Å². The Hall–Kier alpha value is -3.41. The molecule has 2 heterocycles. The zero-order valence-electron chi connectivity index (χ0n) is 15.3. The fourth-order valence-corrected chi connectivity index (χ4v) is 3.48. The molecular formula is C21H10Cl2F3N3O2. The molecule has 2 N–H and O–H groups in total. The van der Waals surface area contributed by atoms with Crippen LogP contribution in [0.15, 0.2) is 47.4 Å². The van der Waals surface area contributed by atoms with Gasteiger partial charge in [-0.1, -0.05) is 35.2 Å².